The Bertz CT molecular complexity index is 1090. The number of hydrogen-bond acceptors (Lipinski definition) is 5. The summed E-state index contributed by atoms with van der Waals surface area (Å²) in [5.74, 6) is -0.225. The van der Waals surface area contributed by atoms with Gasteiger partial charge in [-0.3, -0.25) is 4.79 Å². The van der Waals surface area contributed by atoms with Gasteiger partial charge in [0.15, 0.2) is 5.78 Å². The highest BCUT2D eigenvalue weighted by molar-refractivity contribution is 7.99. The quantitative estimate of drug-likeness (QED) is 0.321. The first kappa shape index (κ1) is 18.1. The van der Waals surface area contributed by atoms with E-state index in [0.29, 0.717) is 5.56 Å². The van der Waals surface area contributed by atoms with Crippen molar-refractivity contribution in [3.63, 3.8) is 0 Å². The number of aromatic nitrogens is 2. The Kier molecular flexibility index (Phi) is 5.30. The number of thioether (sulfide) groups is 1. The summed E-state index contributed by atoms with van der Waals surface area (Å²) in [7, 11) is 0. The van der Waals surface area contributed by atoms with E-state index in [9.17, 15) is 9.18 Å². The van der Waals surface area contributed by atoms with Crippen LogP contribution in [0.2, 0.25) is 0 Å². The van der Waals surface area contributed by atoms with Crippen molar-refractivity contribution >= 4 is 17.5 Å². The molecule has 0 N–H and O–H groups in total. The van der Waals surface area contributed by atoms with Crippen LogP contribution in [0.1, 0.15) is 10.4 Å². The van der Waals surface area contributed by atoms with Crippen molar-refractivity contribution in [3.8, 4) is 22.6 Å². The molecule has 4 nitrogen and oxygen atoms in total. The molecule has 3 aromatic carbocycles. The maximum Gasteiger partial charge on any atom is 0.277 e. The van der Waals surface area contributed by atoms with Crippen LogP contribution in [0.3, 0.4) is 0 Å². The molecule has 0 bridgehead atoms. The number of carbonyl (C=O) groups is 1. The Hall–Kier alpha value is -3.25. The van der Waals surface area contributed by atoms with Gasteiger partial charge < -0.3 is 4.42 Å². The average Bonchev–Trinajstić information content (AvgIpc) is 3.22. The van der Waals surface area contributed by atoms with Crippen molar-refractivity contribution in [3.05, 3.63) is 90.2 Å². The highest BCUT2D eigenvalue weighted by Gasteiger charge is 2.14. The molecule has 0 radical (unpaired) electrons. The first-order valence-electron chi connectivity index (χ1n) is 8.60. The van der Waals surface area contributed by atoms with Gasteiger partial charge in [0.2, 0.25) is 0 Å². The van der Waals surface area contributed by atoms with E-state index in [4.69, 9.17) is 4.42 Å². The summed E-state index contributed by atoms with van der Waals surface area (Å²) < 4.78 is 19.2. The molecule has 0 unspecified atom stereocenters. The van der Waals surface area contributed by atoms with E-state index in [-0.39, 0.29) is 28.2 Å². The standard InChI is InChI=1S/C22H15FN2O2S/c23-19-9-5-4-8-18(19)21-24-25-22(27-21)28-14-20(26)17-12-10-16(11-13-17)15-6-2-1-3-7-15/h1-13H,14H2. The van der Waals surface area contributed by atoms with Gasteiger partial charge in [-0.2, -0.15) is 0 Å². The normalized spacial score (nSPS) is 10.8. The molecule has 0 atom stereocenters. The van der Waals surface area contributed by atoms with Gasteiger partial charge in [0.25, 0.3) is 11.1 Å². The molecule has 0 aliphatic rings. The van der Waals surface area contributed by atoms with Gasteiger partial charge in [-0.1, -0.05) is 78.5 Å². The van der Waals surface area contributed by atoms with E-state index >= 15 is 0 Å². The smallest absolute Gasteiger partial charge is 0.277 e. The molecule has 0 aliphatic carbocycles. The van der Waals surface area contributed by atoms with Crippen LogP contribution >= 0.6 is 11.8 Å². The zero-order valence-corrected chi connectivity index (χ0v) is 15.5. The second kappa shape index (κ2) is 8.19. The van der Waals surface area contributed by atoms with Crippen molar-refractivity contribution in [2.45, 2.75) is 5.22 Å². The lowest BCUT2D eigenvalue weighted by molar-refractivity contribution is 0.102. The summed E-state index contributed by atoms with van der Waals surface area (Å²) >= 11 is 1.13. The van der Waals surface area contributed by atoms with Crippen LogP contribution < -0.4 is 0 Å². The Morgan fingerprint density at radius 3 is 2.29 bits per heavy atom. The molecular formula is C22H15FN2O2S. The summed E-state index contributed by atoms with van der Waals surface area (Å²) in [5.41, 5.74) is 3.00. The van der Waals surface area contributed by atoms with Crippen molar-refractivity contribution in [1.82, 2.24) is 10.2 Å². The van der Waals surface area contributed by atoms with Gasteiger partial charge in [0.05, 0.1) is 11.3 Å². The van der Waals surface area contributed by atoms with Gasteiger partial charge in [0, 0.05) is 5.56 Å². The molecule has 138 valence electrons. The van der Waals surface area contributed by atoms with Crippen LogP contribution in [0.4, 0.5) is 4.39 Å². The zero-order chi connectivity index (χ0) is 19.3. The number of nitrogens with zero attached hydrogens (tertiary/aromatic N) is 2. The summed E-state index contributed by atoms with van der Waals surface area (Å²) in [6.07, 6.45) is 0. The van der Waals surface area contributed by atoms with E-state index in [1.54, 1.807) is 18.2 Å². The molecule has 0 amide bonds. The number of ketones is 1. The number of rotatable bonds is 6. The molecule has 6 heteroatoms. The second-order valence-corrected chi connectivity index (χ2v) is 6.93. The summed E-state index contributed by atoms with van der Waals surface area (Å²) in [4.78, 5) is 12.4. The molecule has 1 aromatic heterocycles. The first-order valence-corrected chi connectivity index (χ1v) is 9.59. The topological polar surface area (TPSA) is 56.0 Å². The average molecular weight is 390 g/mol. The number of halogens is 1. The first-order chi connectivity index (χ1) is 13.7. The van der Waals surface area contributed by atoms with Crippen molar-refractivity contribution in [2.24, 2.45) is 0 Å². The molecule has 4 aromatic rings. The van der Waals surface area contributed by atoms with Gasteiger partial charge in [-0.25, -0.2) is 4.39 Å². The molecule has 0 saturated carbocycles. The molecule has 0 fully saturated rings. The van der Waals surface area contributed by atoms with Crippen LogP contribution in [-0.4, -0.2) is 21.7 Å². The van der Waals surface area contributed by atoms with Crippen molar-refractivity contribution < 1.29 is 13.6 Å². The van der Waals surface area contributed by atoms with Crippen molar-refractivity contribution in [1.29, 1.82) is 0 Å². The number of Topliss-reactive ketones (excluding diaryl/α,β-unsaturated/α-hetero) is 1. The predicted octanol–water partition coefficient (Wildman–Crippen LogP) is 5.52. The summed E-state index contributed by atoms with van der Waals surface area (Å²) in [5, 5.41) is 7.96. The van der Waals surface area contributed by atoms with Crippen LogP contribution in [0.25, 0.3) is 22.6 Å². The number of benzene rings is 3. The third-order valence-electron chi connectivity index (χ3n) is 4.15. The minimum absolute atomic E-state index is 0.0461. The number of carbonyl (C=O) groups excluding carboxylic acids is 1. The van der Waals surface area contributed by atoms with Crippen molar-refractivity contribution in [2.75, 3.05) is 5.75 Å². The van der Waals surface area contributed by atoms with E-state index in [0.717, 1.165) is 22.9 Å². The van der Waals surface area contributed by atoms with Gasteiger partial charge in [0.1, 0.15) is 5.82 Å². The van der Waals surface area contributed by atoms with E-state index < -0.39 is 5.82 Å². The predicted molar refractivity (Wildman–Crippen MR) is 107 cm³/mol. The Morgan fingerprint density at radius 1 is 0.857 bits per heavy atom. The largest absolute Gasteiger partial charge is 0.411 e. The van der Waals surface area contributed by atoms with E-state index in [2.05, 4.69) is 10.2 Å². The lowest BCUT2D eigenvalue weighted by Gasteiger charge is -2.03. The zero-order valence-electron chi connectivity index (χ0n) is 14.7. The fourth-order valence-electron chi connectivity index (χ4n) is 2.70. The highest BCUT2D eigenvalue weighted by atomic mass is 32.2. The third kappa shape index (κ3) is 4.02. The van der Waals surface area contributed by atoms with E-state index in [1.165, 1.54) is 6.07 Å². The Balaban J connectivity index is 1.40. The monoisotopic (exact) mass is 390 g/mol. The molecule has 0 aliphatic heterocycles. The summed E-state index contributed by atoms with van der Waals surface area (Å²) in [6.45, 7) is 0. The maximum atomic E-state index is 13.8. The molecular weight excluding hydrogens is 375 g/mol. The minimum atomic E-state index is -0.433. The van der Waals surface area contributed by atoms with Gasteiger partial charge in [-0.05, 0) is 23.3 Å². The lowest BCUT2D eigenvalue weighted by atomic mass is 10.0. The van der Waals surface area contributed by atoms with Crippen LogP contribution in [0, 0.1) is 5.82 Å². The minimum Gasteiger partial charge on any atom is -0.411 e. The Labute approximate surface area is 165 Å². The fourth-order valence-corrected chi connectivity index (χ4v) is 3.36. The summed E-state index contributed by atoms with van der Waals surface area (Å²) in [6, 6.07) is 23.6. The number of hydrogen-bond donors (Lipinski definition) is 0. The molecule has 0 saturated heterocycles. The van der Waals surface area contributed by atoms with Crippen LogP contribution in [0.5, 0.6) is 0 Å². The van der Waals surface area contributed by atoms with Gasteiger partial charge in [-0.15, -0.1) is 10.2 Å². The SMILES string of the molecule is O=C(CSc1nnc(-c2ccccc2F)o1)c1ccc(-c2ccccc2)cc1. The molecule has 28 heavy (non-hydrogen) atoms. The molecule has 1 heterocycles. The third-order valence-corrected chi connectivity index (χ3v) is 4.97. The Morgan fingerprint density at radius 2 is 1.54 bits per heavy atom. The van der Waals surface area contributed by atoms with E-state index in [1.807, 2.05) is 54.6 Å². The highest BCUT2D eigenvalue weighted by Crippen LogP contribution is 2.26. The van der Waals surface area contributed by atoms with Gasteiger partial charge >= 0.3 is 0 Å². The second-order valence-electron chi connectivity index (χ2n) is 6.01. The van der Waals surface area contributed by atoms with Crippen LogP contribution in [-0.2, 0) is 0 Å². The fraction of sp³-hybridized carbons (Fsp3) is 0.0455. The molecule has 0 spiro atoms. The van der Waals surface area contributed by atoms with Crippen LogP contribution in [0.15, 0.2) is 88.5 Å². The molecule has 4 rings (SSSR count). The maximum absolute atomic E-state index is 13.8. The lowest BCUT2D eigenvalue weighted by Crippen LogP contribution is -2.02.